The molecule has 10 heteroatoms. The van der Waals surface area contributed by atoms with Crippen LogP contribution in [-0.4, -0.2) is 46.7 Å². The molecule has 0 unspecified atom stereocenters. The first kappa shape index (κ1) is 26.1. The van der Waals surface area contributed by atoms with Gasteiger partial charge in [0.05, 0.1) is 23.7 Å². The van der Waals surface area contributed by atoms with Crippen LogP contribution in [0.1, 0.15) is 49.9 Å². The number of nitrogen functional groups attached to an aromatic ring is 1. The minimum absolute atomic E-state index is 0.0651. The molecule has 200 valence electrons. The number of unbranched alkanes of at least 4 members (excludes halogenated alkanes) is 1. The van der Waals surface area contributed by atoms with Gasteiger partial charge in [0, 0.05) is 23.9 Å². The summed E-state index contributed by atoms with van der Waals surface area (Å²) in [6.07, 6.45) is 6.04. The van der Waals surface area contributed by atoms with E-state index in [0.29, 0.717) is 36.5 Å². The number of benzene rings is 2. The van der Waals surface area contributed by atoms with E-state index in [4.69, 9.17) is 19.6 Å². The Morgan fingerprint density at radius 2 is 1.95 bits per heavy atom. The zero-order chi connectivity index (χ0) is 26.9. The van der Waals surface area contributed by atoms with Crippen molar-refractivity contribution in [2.75, 3.05) is 18.9 Å². The lowest BCUT2D eigenvalue weighted by Gasteiger charge is -2.42. The van der Waals surface area contributed by atoms with Crippen molar-refractivity contribution < 1.29 is 22.4 Å². The first-order chi connectivity index (χ1) is 18.2. The Morgan fingerprint density at radius 3 is 2.68 bits per heavy atom. The first-order valence-electron chi connectivity index (χ1n) is 12.7. The SMILES string of the molecule is CCCCOc1cccc(-c2nc(C3CC(O)(COS(=O)(=O)c4ccc(C)cc4)C3)n3ccnc(N)c23)c1. The maximum absolute atomic E-state index is 12.6. The molecule has 0 radical (unpaired) electrons. The van der Waals surface area contributed by atoms with Crippen molar-refractivity contribution in [3.05, 3.63) is 72.3 Å². The standard InChI is InChI=1S/C28H32N4O5S/c1-3-4-14-36-22-7-5-6-20(15-22)24-25-26(29)30-12-13-32(25)27(31-24)21-16-28(33,17-21)18-37-38(34,35)23-10-8-19(2)9-11-23/h5-13,15,21,33H,3-4,14,16-18H2,1-2H3,(H2,29,30). The van der Waals surface area contributed by atoms with Crippen molar-refractivity contribution in [1.29, 1.82) is 0 Å². The second kappa shape index (κ2) is 10.4. The third-order valence-electron chi connectivity index (χ3n) is 6.89. The Kier molecular flexibility index (Phi) is 7.13. The second-order valence-electron chi connectivity index (χ2n) is 9.94. The molecule has 2 heterocycles. The van der Waals surface area contributed by atoms with Crippen LogP contribution in [0.5, 0.6) is 5.75 Å². The number of hydrogen-bond donors (Lipinski definition) is 2. The number of anilines is 1. The van der Waals surface area contributed by atoms with Gasteiger partial charge in [-0.15, -0.1) is 0 Å². The molecule has 0 bridgehead atoms. The van der Waals surface area contributed by atoms with Crippen LogP contribution >= 0.6 is 0 Å². The fourth-order valence-electron chi connectivity index (χ4n) is 4.76. The molecule has 1 aliphatic rings. The van der Waals surface area contributed by atoms with Crippen LogP contribution in [0.2, 0.25) is 0 Å². The molecule has 38 heavy (non-hydrogen) atoms. The maximum atomic E-state index is 12.6. The third-order valence-corrected chi connectivity index (χ3v) is 8.17. The van der Waals surface area contributed by atoms with Gasteiger partial charge in [0.2, 0.25) is 0 Å². The molecule has 1 fully saturated rings. The predicted octanol–water partition coefficient (Wildman–Crippen LogP) is 4.48. The fraction of sp³-hybridized carbons (Fsp3) is 0.357. The average Bonchev–Trinajstić information content (AvgIpc) is 3.27. The lowest BCUT2D eigenvalue weighted by Crippen LogP contribution is -2.47. The number of aryl methyl sites for hydroxylation is 1. The van der Waals surface area contributed by atoms with E-state index in [1.165, 1.54) is 12.1 Å². The molecule has 0 atom stereocenters. The van der Waals surface area contributed by atoms with Crippen LogP contribution in [0, 0.1) is 6.92 Å². The monoisotopic (exact) mass is 536 g/mol. The molecule has 1 saturated carbocycles. The zero-order valence-electron chi connectivity index (χ0n) is 21.5. The molecular formula is C28H32N4O5S. The van der Waals surface area contributed by atoms with Gasteiger partial charge < -0.3 is 15.6 Å². The minimum atomic E-state index is -3.97. The van der Waals surface area contributed by atoms with E-state index in [2.05, 4.69) is 11.9 Å². The number of aliphatic hydroxyl groups is 1. The summed E-state index contributed by atoms with van der Waals surface area (Å²) in [6.45, 7) is 4.31. The summed E-state index contributed by atoms with van der Waals surface area (Å²) in [7, 11) is -3.97. The van der Waals surface area contributed by atoms with Gasteiger partial charge in [0.25, 0.3) is 10.1 Å². The summed E-state index contributed by atoms with van der Waals surface area (Å²) in [5, 5.41) is 11.0. The predicted molar refractivity (Wildman–Crippen MR) is 144 cm³/mol. The molecule has 0 aliphatic heterocycles. The van der Waals surface area contributed by atoms with E-state index in [1.54, 1.807) is 24.5 Å². The van der Waals surface area contributed by atoms with Gasteiger partial charge in [-0.25, -0.2) is 9.97 Å². The smallest absolute Gasteiger partial charge is 0.297 e. The highest BCUT2D eigenvalue weighted by Gasteiger charge is 2.46. The summed E-state index contributed by atoms with van der Waals surface area (Å²) < 4.78 is 38.2. The highest BCUT2D eigenvalue weighted by molar-refractivity contribution is 7.86. The highest BCUT2D eigenvalue weighted by Crippen LogP contribution is 2.46. The number of nitrogens with zero attached hydrogens (tertiary/aromatic N) is 3. The second-order valence-corrected chi connectivity index (χ2v) is 11.6. The topological polar surface area (TPSA) is 129 Å². The van der Waals surface area contributed by atoms with Gasteiger partial charge in [-0.3, -0.25) is 8.58 Å². The Bertz CT molecular complexity index is 1540. The van der Waals surface area contributed by atoms with Gasteiger partial charge in [-0.1, -0.05) is 43.2 Å². The Hall–Kier alpha value is -3.47. The van der Waals surface area contributed by atoms with E-state index >= 15 is 0 Å². The van der Waals surface area contributed by atoms with Gasteiger partial charge >= 0.3 is 0 Å². The number of fused-ring (bicyclic) bond motifs is 1. The number of aromatic nitrogens is 3. The summed E-state index contributed by atoms with van der Waals surface area (Å²) in [5.74, 6) is 1.72. The Labute approximate surface area is 222 Å². The molecule has 2 aromatic heterocycles. The summed E-state index contributed by atoms with van der Waals surface area (Å²) in [6, 6.07) is 14.1. The normalized spacial score (nSPS) is 19.4. The molecule has 1 aliphatic carbocycles. The average molecular weight is 537 g/mol. The molecule has 3 N–H and O–H groups in total. The largest absolute Gasteiger partial charge is 0.494 e. The first-order valence-corrected chi connectivity index (χ1v) is 14.1. The molecular weight excluding hydrogens is 504 g/mol. The van der Waals surface area contributed by atoms with E-state index in [-0.39, 0.29) is 17.4 Å². The molecule has 5 rings (SSSR count). The van der Waals surface area contributed by atoms with Crippen molar-refractivity contribution >= 4 is 21.5 Å². The van der Waals surface area contributed by atoms with Crippen LogP contribution in [0.4, 0.5) is 5.82 Å². The van der Waals surface area contributed by atoms with E-state index in [0.717, 1.165) is 35.5 Å². The van der Waals surface area contributed by atoms with Gasteiger partial charge in [-0.2, -0.15) is 8.42 Å². The maximum Gasteiger partial charge on any atom is 0.297 e. The molecule has 0 saturated heterocycles. The van der Waals surface area contributed by atoms with E-state index in [9.17, 15) is 13.5 Å². The van der Waals surface area contributed by atoms with Crippen molar-refractivity contribution in [2.24, 2.45) is 0 Å². The van der Waals surface area contributed by atoms with Crippen molar-refractivity contribution in [3.8, 4) is 17.0 Å². The molecule has 9 nitrogen and oxygen atoms in total. The van der Waals surface area contributed by atoms with E-state index < -0.39 is 15.7 Å². The highest BCUT2D eigenvalue weighted by atomic mass is 32.2. The summed E-state index contributed by atoms with van der Waals surface area (Å²) in [4.78, 5) is 9.25. The Morgan fingerprint density at radius 1 is 1.18 bits per heavy atom. The number of imidazole rings is 1. The van der Waals surface area contributed by atoms with Crippen molar-refractivity contribution in [3.63, 3.8) is 0 Å². The van der Waals surface area contributed by atoms with Crippen LogP contribution in [-0.2, 0) is 14.3 Å². The molecule has 0 amide bonds. The van der Waals surface area contributed by atoms with Crippen molar-refractivity contribution in [1.82, 2.24) is 14.4 Å². The van der Waals surface area contributed by atoms with Gasteiger partial charge in [0.15, 0.2) is 0 Å². The van der Waals surface area contributed by atoms with Crippen LogP contribution in [0.25, 0.3) is 16.8 Å². The Balaban J connectivity index is 1.35. The van der Waals surface area contributed by atoms with E-state index in [1.807, 2.05) is 35.6 Å². The fourth-order valence-corrected chi connectivity index (χ4v) is 5.74. The molecule has 0 spiro atoms. The summed E-state index contributed by atoms with van der Waals surface area (Å²) in [5.41, 5.74) is 8.16. The number of rotatable bonds is 10. The zero-order valence-corrected chi connectivity index (χ0v) is 22.3. The number of hydrogen-bond acceptors (Lipinski definition) is 8. The van der Waals surface area contributed by atoms with Crippen LogP contribution in [0.15, 0.2) is 65.8 Å². The molecule has 4 aromatic rings. The minimum Gasteiger partial charge on any atom is -0.494 e. The van der Waals surface area contributed by atoms with Crippen LogP contribution in [0.3, 0.4) is 0 Å². The lowest BCUT2D eigenvalue weighted by atomic mass is 9.71. The van der Waals surface area contributed by atoms with Gasteiger partial charge in [0.1, 0.15) is 28.6 Å². The number of ether oxygens (including phenoxy) is 1. The van der Waals surface area contributed by atoms with Gasteiger partial charge in [-0.05, 0) is 50.5 Å². The summed E-state index contributed by atoms with van der Waals surface area (Å²) >= 11 is 0. The van der Waals surface area contributed by atoms with Crippen LogP contribution < -0.4 is 10.5 Å². The quantitative estimate of drug-likeness (QED) is 0.224. The lowest BCUT2D eigenvalue weighted by molar-refractivity contribution is -0.0800. The number of nitrogens with two attached hydrogens (primary N) is 1. The third kappa shape index (κ3) is 5.24. The van der Waals surface area contributed by atoms with Crippen molar-refractivity contribution in [2.45, 2.75) is 55.9 Å². The molecule has 2 aromatic carbocycles.